The molecule has 1 aliphatic carbocycles. The Kier molecular flexibility index (Phi) is 4.01. The van der Waals surface area contributed by atoms with Gasteiger partial charge in [0.2, 0.25) is 5.91 Å². The molecule has 0 aromatic carbocycles. The maximum Gasteiger partial charge on any atom is 0.224 e. The Morgan fingerprint density at radius 1 is 1.33 bits per heavy atom. The molecule has 0 aromatic heterocycles. The average molecular weight is 210 g/mol. The van der Waals surface area contributed by atoms with Gasteiger partial charge in [-0.25, -0.2) is 0 Å². The first kappa shape index (κ1) is 10.9. The van der Waals surface area contributed by atoms with Crippen LogP contribution in [0.2, 0.25) is 0 Å². The van der Waals surface area contributed by atoms with Crippen molar-refractivity contribution in [2.75, 3.05) is 19.6 Å². The summed E-state index contributed by atoms with van der Waals surface area (Å²) in [6.07, 6.45) is 7.50. The predicted molar refractivity (Wildman–Crippen MR) is 60.6 cm³/mol. The van der Waals surface area contributed by atoms with E-state index in [9.17, 15) is 4.79 Å². The van der Waals surface area contributed by atoms with Gasteiger partial charge in [0, 0.05) is 13.1 Å². The number of nitrogens with one attached hydrogen (secondary N) is 2. The van der Waals surface area contributed by atoms with E-state index in [0.717, 1.165) is 44.8 Å². The quantitative estimate of drug-likeness (QED) is 0.671. The summed E-state index contributed by atoms with van der Waals surface area (Å²) in [5.74, 6) is 1.47. The van der Waals surface area contributed by atoms with Crippen molar-refractivity contribution in [1.82, 2.24) is 10.6 Å². The molecule has 0 radical (unpaired) electrons. The van der Waals surface area contributed by atoms with E-state index in [0.29, 0.717) is 0 Å². The molecule has 1 saturated carbocycles. The van der Waals surface area contributed by atoms with E-state index in [1.54, 1.807) is 0 Å². The topological polar surface area (TPSA) is 41.1 Å². The maximum absolute atomic E-state index is 11.7. The fourth-order valence-corrected chi connectivity index (χ4v) is 2.23. The van der Waals surface area contributed by atoms with Crippen LogP contribution in [0.15, 0.2) is 0 Å². The average Bonchev–Trinajstić information content (AvgIpc) is 3.09. The second-order valence-electron chi connectivity index (χ2n) is 4.92. The first-order valence-corrected chi connectivity index (χ1v) is 6.34. The molecule has 0 bridgehead atoms. The minimum Gasteiger partial charge on any atom is -0.356 e. The monoisotopic (exact) mass is 210 g/mol. The predicted octanol–water partition coefficient (Wildman–Crippen LogP) is 1.29. The lowest BCUT2D eigenvalue weighted by atomic mass is 9.99. The Labute approximate surface area is 92.0 Å². The zero-order valence-electron chi connectivity index (χ0n) is 9.43. The fraction of sp³-hybridized carbons (Fsp3) is 0.917. The fourth-order valence-electron chi connectivity index (χ4n) is 2.23. The molecule has 2 N–H and O–H groups in total. The highest BCUT2D eigenvalue weighted by molar-refractivity contribution is 5.78. The number of amides is 1. The van der Waals surface area contributed by atoms with E-state index in [2.05, 4.69) is 10.6 Å². The second kappa shape index (κ2) is 5.50. The zero-order chi connectivity index (χ0) is 10.5. The van der Waals surface area contributed by atoms with Crippen LogP contribution in [0.3, 0.4) is 0 Å². The third-order valence-corrected chi connectivity index (χ3v) is 3.45. The van der Waals surface area contributed by atoms with Crippen LogP contribution in [0.4, 0.5) is 0 Å². The molecule has 2 aliphatic rings. The van der Waals surface area contributed by atoms with Gasteiger partial charge in [0.05, 0.1) is 5.92 Å². The van der Waals surface area contributed by atoms with Crippen molar-refractivity contribution in [2.45, 2.75) is 38.5 Å². The third kappa shape index (κ3) is 3.82. The number of piperidine rings is 1. The number of hydrogen-bond acceptors (Lipinski definition) is 2. The summed E-state index contributed by atoms with van der Waals surface area (Å²) >= 11 is 0. The SMILES string of the molecule is O=C(NCCCC1CC1)[C@H]1CCCNC1. The molecule has 3 nitrogen and oxygen atoms in total. The minimum absolute atomic E-state index is 0.222. The molecule has 2 fully saturated rings. The van der Waals surface area contributed by atoms with Crippen molar-refractivity contribution in [3.8, 4) is 0 Å². The van der Waals surface area contributed by atoms with Gasteiger partial charge >= 0.3 is 0 Å². The Balaban J connectivity index is 1.54. The van der Waals surface area contributed by atoms with Gasteiger partial charge in [0.1, 0.15) is 0 Å². The maximum atomic E-state index is 11.7. The van der Waals surface area contributed by atoms with Crippen molar-refractivity contribution in [3.63, 3.8) is 0 Å². The molecular weight excluding hydrogens is 188 g/mol. The summed E-state index contributed by atoms with van der Waals surface area (Å²) in [6.45, 7) is 2.83. The number of rotatable bonds is 5. The second-order valence-corrected chi connectivity index (χ2v) is 4.92. The summed E-state index contributed by atoms with van der Waals surface area (Å²) in [4.78, 5) is 11.7. The molecule has 2 rings (SSSR count). The molecule has 0 unspecified atom stereocenters. The highest BCUT2D eigenvalue weighted by Gasteiger charge is 2.22. The molecule has 0 aromatic rings. The van der Waals surface area contributed by atoms with Gasteiger partial charge in [-0.1, -0.05) is 12.8 Å². The van der Waals surface area contributed by atoms with Crippen molar-refractivity contribution in [2.24, 2.45) is 11.8 Å². The molecule has 1 amide bonds. The Morgan fingerprint density at radius 3 is 2.87 bits per heavy atom. The first-order chi connectivity index (χ1) is 7.36. The largest absolute Gasteiger partial charge is 0.356 e. The van der Waals surface area contributed by atoms with Crippen molar-refractivity contribution in [3.05, 3.63) is 0 Å². The lowest BCUT2D eigenvalue weighted by Gasteiger charge is -2.21. The van der Waals surface area contributed by atoms with Gasteiger partial charge in [-0.15, -0.1) is 0 Å². The van der Waals surface area contributed by atoms with Crippen LogP contribution >= 0.6 is 0 Å². The van der Waals surface area contributed by atoms with E-state index in [1.807, 2.05) is 0 Å². The van der Waals surface area contributed by atoms with Gasteiger partial charge in [0.25, 0.3) is 0 Å². The number of hydrogen-bond donors (Lipinski definition) is 2. The van der Waals surface area contributed by atoms with Crippen molar-refractivity contribution < 1.29 is 4.79 Å². The first-order valence-electron chi connectivity index (χ1n) is 6.34. The van der Waals surface area contributed by atoms with Gasteiger partial charge in [0.15, 0.2) is 0 Å². The highest BCUT2D eigenvalue weighted by Crippen LogP contribution is 2.33. The number of carbonyl (C=O) groups is 1. The van der Waals surface area contributed by atoms with Crippen LogP contribution in [0.1, 0.15) is 38.5 Å². The van der Waals surface area contributed by atoms with Gasteiger partial charge in [-0.2, -0.15) is 0 Å². The van der Waals surface area contributed by atoms with E-state index >= 15 is 0 Å². The highest BCUT2D eigenvalue weighted by atomic mass is 16.1. The van der Waals surface area contributed by atoms with Crippen LogP contribution < -0.4 is 10.6 Å². The Bertz CT molecular complexity index is 208. The Hall–Kier alpha value is -0.570. The van der Waals surface area contributed by atoms with E-state index in [-0.39, 0.29) is 11.8 Å². The lowest BCUT2D eigenvalue weighted by Crippen LogP contribution is -2.40. The molecule has 1 saturated heterocycles. The van der Waals surface area contributed by atoms with Crippen molar-refractivity contribution in [1.29, 1.82) is 0 Å². The molecular formula is C12H22N2O. The Morgan fingerprint density at radius 2 is 2.20 bits per heavy atom. The van der Waals surface area contributed by atoms with Crippen LogP contribution in [0.25, 0.3) is 0 Å². The molecule has 86 valence electrons. The minimum atomic E-state index is 0.222. The lowest BCUT2D eigenvalue weighted by molar-refractivity contribution is -0.125. The molecule has 1 aliphatic heterocycles. The van der Waals surface area contributed by atoms with Gasteiger partial charge < -0.3 is 10.6 Å². The molecule has 0 spiro atoms. The van der Waals surface area contributed by atoms with Crippen LogP contribution in [0, 0.1) is 11.8 Å². The summed E-state index contributed by atoms with van der Waals surface area (Å²) in [7, 11) is 0. The summed E-state index contributed by atoms with van der Waals surface area (Å²) in [5, 5.41) is 6.33. The van der Waals surface area contributed by atoms with Crippen molar-refractivity contribution >= 4 is 5.91 Å². The van der Waals surface area contributed by atoms with E-state index < -0.39 is 0 Å². The molecule has 1 heterocycles. The zero-order valence-corrected chi connectivity index (χ0v) is 9.43. The van der Waals surface area contributed by atoms with Gasteiger partial charge in [-0.05, 0) is 38.1 Å². The smallest absolute Gasteiger partial charge is 0.224 e. The summed E-state index contributed by atoms with van der Waals surface area (Å²) in [5.41, 5.74) is 0. The summed E-state index contributed by atoms with van der Waals surface area (Å²) in [6, 6.07) is 0. The standard InChI is InChI=1S/C12H22N2O/c15-12(11-4-2-7-13-9-11)14-8-1-3-10-5-6-10/h10-11,13H,1-9H2,(H,14,15)/t11-/m0/s1. The van der Waals surface area contributed by atoms with Crippen LogP contribution in [-0.4, -0.2) is 25.5 Å². The van der Waals surface area contributed by atoms with Gasteiger partial charge in [-0.3, -0.25) is 4.79 Å². The third-order valence-electron chi connectivity index (χ3n) is 3.45. The van der Waals surface area contributed by atoms with Crippen LogP contribution in [0.5, 0.6) is 0 Å². The molecule has 3 heteroatoms. The molecule has 1 atom stereocenters. The van der Waals surface area contributed by atoms with E-state index in [4.69, 9.17) is 0 Å². The molecule has 15 heavy (non-hydrogen) atoms. The van der Waals surface area contributed by atoms with Crippen LogP contribution in [-0.2, 0) is 4.79 Å². The number of carbonyl (C=O) groups excluding carboxylic acids is 1. The van der Waals surface area contributed by atoms with E-state index in [1.165, 1.54) is 19.3 Å². The normalized spacial score (nSPS) is 26.3. The summed E-state index contributed by atoms with van der Waals surface area (Å²) < 4.78 is 0.